The monoisotopic (exact) mass is 463 g/mol. The lowest BCUT2D eigenvalue weighted by Gasteiger charge is -2.15. The normalized spacial score (nSPS) is 16.0. The zero-order valence-corrected chi connectivity index (χ0v) is 19.2. The Kier molecular flexibility index (Phi) is 6.20. The first-order valence-corrected chi connectivity index (χ1v) is 12.1. The van der Waals surface area contributed by atoms with Crippen molar-refractivity contribution in [2.75, 3.05) is 12.4 Å². The maximum Gasteiger partial charge on any atom is 0.297 e. The van der Waals surface area contributed by atoms with E-state index in [2.05, 4.69) is 5.32 Å². The molecule has 3 heterocycles. The molecule has 7 nitrogen and oxygen atoms in total. The summed E-state index contributed by atoms with van der Waals surface area (Å²) in [5.41, 5.74) is 3.37. The summed E-state index contributed by atoms with van der Waals surface area (Å²) in [7, 11) is 0. The lowest BCUT2D eigenvalue weighted by molar-refractivity contribution is -0.118. The zero-order valence-electron chi connectivity index (χ0n) is 18.4. The van der Waals surface area contributed by atoms with Gasteiger partial charge in [-0.25, -0.2) is 4.98 Å². The zero-order chi connectivity index (χ0) is 22.8. The third-order valence-electron chi connectivity index (χ3n) is 5.80. The van der Waals surface area contributed by atoms with Crippen LogP contribution in [-0.2, 0) is 22.6 Å². The molecular formula is C25H25N3O4S. The van der Waals surface area contributed by atoms with Crippen LogP contribution in [0.15, 0.2) is 62.9 Å². The molecule has 33 heavy (non-hydrogen) atoms. The topological polar surface area (TPSA) is 86.4 Å². The number of rotatable bonds is 7. The molecule has 1 atom stereocenters. The van der Waals surface area contributed by atoms with Crippen LogP contribution in [0.4, 0.5) is 0 Å². The largest absolute Gasteiger partial charge is 0.448 e. The van der Waals surface area contributed by atoms with Crippen LogP contribution in [0, 0.1) is 6.92 Å². The number of fused-ring (bicyclic) bond motifs is 3. The predicted molar refractivity (Wildman–Crippen MR) is 128 cm³/mol. The van der Waals surface area contributed by atoms with Gasteiger partial charge in [0.05, 0.1) is 18.4 Å². The van der Waals surface area contributed by atoms with E-state index in [1.807, 2.05) is 55.5 Å². The summed E-state index contributed by atoms with van der Waals surface area (Å²) >= 11 is 1.26. The summed E-state index contributed by atoms with van der Waals surface area (Å²) in [5, 5.41) is 4.23. The van der Waals surface area contributed by atoms with Crippen molar-refractivity contribution < 1.29 is 13.9 Å². The number of ether oxygens (including phenoxy) is 1. The summed E-state index contributed by atoms with van der Waals surface area (Å²) in [5.74, 6) is 0.0427. The number of carbonyl (C=O) groups excluding carboxylic acids is 1. The fourth-order valence-electron chi connectivity index (χ4n) is 4.00. The van der Waals surface area contributed by atoms with Crippen LogP contribution in [0.25, 0.3) is 22.1 Å². The van der Waals surface area contributed by atoms with E-state index in [1.54, 1.807) is 4.57 Å². The van der Waals surface area contributed by atoms with Crippen molar-refractivity contribution in [1.82, 2.24) is 14.9 Å². The molecular weight excluding hydrogens is 438 g/mol. The van der Waals surface area contributed by atoms with Crippen LogP contribution in [0.1, 0.15) is 24.0 Å². The molecule has 1 N–H and O–H groups in total. The van der Waals surface area contributed by atoms with Crippen LogP contribution >= 0.6 is 11.8 Å². The van der Waals surface area contributed by atoms with E-state index in [0.29, 0.717) is 36.0 Å². The van der Waals surface area contributed by atoms with E-state index in [-0.39, 0.29) is 28.9 Å². The molecule has 1 amide bonds. The highest BCUT2D eigenvalue weighted by Gasteiger charge is 2.23. The lowest BCUT2D eigenvalue weighted by atomic mass is 10.1. The molecule has 0 aliphatic carbocycles. The predicted octanol–water partition coefficient (Wildman–Crippen LogP) is 4.04. The van der Waals surface area contributed by atoms with Gasteiger partial charge in [-0.3, -0.25) is 14.2 Å². The van der Waals surface area contributed by atoms with E-state index < -0.39 is 0 Å². The molecule has 1 aliphatic heterocycles. The number of aromatic nitrogens is 2. The minimum Gasteiger partial charge on any atom is -0.448 e. The molecule has 0 radical (unpaired) electrons. The number of benzene rings is 2. The molecule has 5 rings (SSSR count). The van der Waals surface area contributed by atoms with Gasteiger partial charge in [-0.15, -0.1) is 0 Å². The Morgan fingerprint density at radius 1 is 1.21 bits per heavy atom. The van der Waals surface area contributed by atoms with E-state index in [1.165, 1.54) is 17.3 Å². The molecule has 0 saturated carbocycles. The number of nitrogens with one attached hydrogen (secondary N) is 1. The number of nitrogens with zero attached hydrogens (tertiary/aromatic N) is 2. The van der Waals surface area contributed by atoms with Gasteiger partial charge in [-0.1, -0.05) is 53.7 Å². The Morgan fingerprint density at radius 2 is 2.03 bits per heavy atom. The Morgan fingerprint density at radius 3 is 2.82 bits per heavy atom. The van der Waals surface area contributed by atoms with Gasteiger partial charge >= 0.3 is 0 Å². The van der Waals surface area contributed by atoms with Crippen LogP contribution < -0.4 is 10.9 Å². The van der Waals surface area contributed by atoms with E-state index in [0.717, 1.165) is 23.8 Å². The number of carbonyl (C=O) groups is 1. The minimum absolute atomic E-state index is 0.0407. The van der Waals surface area contributed by atoms with Crippen molar-refractivity contribution in [3.63, 3.8) is 0 Å². The van der Waals surface area contributed by atoms with Gasteiger partial charge in [-0.05, 0) is 37.5 Å². The summed E-state index contributed by atoms with van der Waals surface area (Å²) in [6.45, 7) is 3.58. The molecule has 2 aromatic carbocycles. The average molecular weight is 464 g/mol. The van der Waals surface area contributed by atoms with Gasteiger partial charge < -0.3 is 14.5 Å². The van der Waals surface area contributed by atoms with Gasteiger partial charge in [0, 0.05) is 18.5 Å². The van der Waals surface area contributed by atoms with E-state index in [4.69, 9.17) is 14.1 Å². The highest BCUT2D eigenvalue weighted by Crippen LogP contribution is 2.28. The molecule has 1 fully saturated rings. The highest BCUT2D eigenvalue weighted by atomic mass is 32.2. The molecule has 2 aromatic heterocycles. The van der Waals surface area contributed by atoms with Crippen LogP contribution in [-0.4, -0.2) is 33.9 Å². The van der Waals surface area contributed by atoms with Gasteiger partial charge in [-0.2, -0.15) is 0 Å². The number of aryl methyl sites for hydroxylation is 1. The average Bonchev–Trinajstić information content (AvgIpc) is 3.47. The lowest BCUT2D eigenvalue weighted by Crippen LogP contribution is -2.29. The Labute approximate surface area is 195 Å². The second-order valence-corrected chi connectivity index (χ2v) is 9.21. The van der Waals surface area contributed by atoms with Crippen LogP contribution in [0.5, 0.6) is 0 Å². The fourth-order valence-corrected chi connectivity index (χ4v) is 4.84. The Bertz CT molecular complexity index is 1350. The molecule has 4 aromatic rings. The molecule has 0 bridgehead atoms. The van der Waals surface area contributed by atoms with Gasteiger partial charge in [0.15, 0.2) is 5.16 Å². The third-order valence-corrected chi connectivity index (χ3v) is 6.78. The molecule has 1 saturated heterocycles. The fraction of sp³-hybridized carbons (Fsp3) is 0.320. The Hall–Kier alpha value is -3.10. The minimum atomic E-state index is -0.241. The molecule has 0 unspecified atom stereocenters. The van der Waals surface area contributed by atoms with Crippen LogP contribution in [0.3, 0.4) is 0 Å². The van der Waals surface area contributed by atoms with Crippen molar-refractivity contribution in [1.29, 1.82) is 0 Å². The van der Waals surface area contributed by atoms with E-state index in [9.17, 15) is 9.59 Å². The smallest absolute Gasteiger partial charge is 0.297 e. The first-order chi connectivity index (χ1) is 16.1. The molecule has 1 aliphatic rings. The maximum atomic E-state index is 13.3. The van der Waals surface area contributed by atoms with Crippen molar-refractivity contribution in [3.8, 4) is 0 Å². The SMILES string of the molecule is Cc1ccc(CNC(=O)CSc2nc3c(oc4ccccc43)c(=O)n2C[C@H]2CCCO2)cc1. The van der Waals surface area contributed by atoms with Crippen LogP contribution in [0.2, 0.25) is 0 Å². The number of hydrogen-bond donors (Lipinski definition) is 1. The second kappa shape index (κ2) is 9.41. The highest BCUT2D eigenvalue weighted by molar-refractivity contribution is 7.99. The summed E-state index contributed by atoms with van der Waals surface area (Å²) in [6.07, 6.45) is 1.83. The first-order valence-electron chi connectivity index (χ1n) is 11.1. The third kappa shape index (κ3) is 4.67. The van der Waals surface area contributed by atoms with Crippen molar-refractivity contribution >= 4 is 39.7 Å². The van der Waals surface area contributed by atoms with Crippen molar-refractivity contribution in [2.24, 2.45) is 0 Å². The molecule has 8 heteroatoms. The van der Waals surface area contributed by atoms with Gasteiger partial charge in [0.2, 0.25) is 11.5 Å². The summed E-state index contributed by atoms with van der Waals surface area (Å²) in [4.78, 5) is 30.6. The number of furan rings is 1. The molecule has 0 spiro atoms. The maximum absolute atomic E-state index is 13.3. The molecule has 170 valence electrons. The van der Waals surface area contributed by atoms with E-state index >= 15 is 0 Å². The summed E-state index contributed by atoms with van der Waals surface area (Å²) in [6, 6.07) is 15.5. The standard InChI is InChI=1S/C25H25N3O4S/c1-16-8-10-17(11-9-16)13-26-21(29)15-33-25-27-22-19-6-2-3-7-20(19)32-23(22)24(30)28(25)14-18-5-4-12-31-18/h2-3,6-11,18H,4-5,12-15H2,1H3,(H,26,29)/t18-/m1/s1. The van der Waals surface area contributed by atoms with Crippen molar-refractivity contribution in [3.05, 3.63) is 70.0 Å². The summed E-state index contributed by atoms with van der Waals surface area (Å²) < 4.78 is 13.2. The number of thioether (sulfide) groups is 1. The van der Waals surface area contributed by atoms with Crippen molar-refractivity contribution in [2.45, 2.75) is 44.1 Å². The number of para-hydroxylation sites is 1. The van der Waals surface area contributed by atoms with Gasteiger partial charge in [0.25, 0.3) is 5.56 Å². The second-order valence-electron chi connectivity index (χ2n) is 8.27. The van der Waals surface area contributed by atoms with Gasteiger partial charge in [0.1, 0.15) is 11.1 Å². The Balaban J connectivity index is 1.39. The quantitative estimate of drug-likeness (QED) is 0.329. The first kappa shape index (κ1) is 21.7. The number of hydrogen-bond acceptors (Lipinski definition) is 6. The number of amides is 1.